The molecule has 0 aliphatic carbocycles. The summed E-state index contributed by atoms with van der Waals surface area (Å²) in [5.74, 6) is 0.959. The number of hydrogen-bond donors (Lipinski definition) is 1. The van der Waals surface area contributed by atoms with Gasteiger partial charge in [0.2, 0.25) is 0 Å². The number of benzene rings is 2. The van der Waals surface area contributed by atoms with E-state index in [9.17, 15) is 5.11 Å². The maximum Gasteiger partial charge on any atom is 0.0475 e. The average Bonchev–Trinajstić information content (AvgIpc) is 3.12. The Morgan fingerprint density at radius 1 is 0.821 bits per heavy atom. The second-order valence-corrected chi connectivity index (χ2v) is 8.52. The highest BCUT2D eigenvalue weighted by Gasteiger charge is 2.34. The first kappa shape index (κ1) is 19.6. The van der Waals surface area contributed by atoms with Gasteiger partial charge in [0.05, 0.1) is 0 Å². The van der Waals surface area contributed by atoms with E-state index < -0.39 is 0 Å². The summed E-state index contributed by atoms with van der Waals surface area (Å²) in [6, 6.07) is 19.4. The lowest BCUT2D eigenvalue weighted by atomic mass is 9.96. The third kappa shape index (κ3) is 4.64. The number of piperazine rings is 1. The van der Waals surface area contributed by atoms with Crippen molar-refractivity contribution < 1.29 is 5.11 Å². The highest BCUT2D eigenvalue weighted by Crippen LogP contribution is 2.29. The van der Waals surface area contributed by atoms with Gasteiger partial charge in [0.15, 0.2) is 0 Å². The fourth-order valence-corrected chi connectivity index (χ4v) is 4.74. The molecule has 2 aromatic rings. The maximum absolute atomic E-state index is 9.97. The maximum atomic E-state index is 9.97. The topological polar surface area (TPSA) is 30.0 Å². The Balaban J connectivity index is 1.42. The highest BCUT2D eigenvalue weighted by molar-refractivity contribution is 5.67. The first-order chi connectivity index (χ1) is 13.7. The largest absolute Gasteiger partial charge is 0.396 e. The van der Waals surface area contributed by atoms with Gasteiger partial charge in [0.25, 0.3) is 0 Å². The van der Waals surface area contributed by atoms with Gasteiger partial charge in [-0.05, 0) is 35.6 Å². The number of aliphatic hydroxyl groups is 1. The number of aliphatic hydroxyl groups excluding tert-OH is 1. The molecule has 2 atom stereocenters. The van der Waals surface area contributed by atoms with Gasteiger partial charge in [-0.3, -0.25) is 4.90 Å². The van der Waals surface area contributed by atoms with Crippen LogP contribution in [0.15, 0.2) is 54.6 Å². The van der Waals surface area contributed by atoms with E-state index in [1.807, 2.05) is 0 Å². The molecule has 0 amide bonds. The van der Waals surface area contributed by atoms with Crippen LogP contribution in [0.3, 0.4) is 0 Å². The van der Waals surface area contributed by atoms with E-state index in [0.717, 1.165) is 52.4 Å². The summed E-state index contributed by atoms with van der Waals surface area (Å²) in [6.45, 7) is 9.09. The third-order valence-electron chi connectivity index (χ3n) is 6.47. The molecule has 4 nitrogen and oxygen atoms in total. The summed E-state index contributed by atoms with van der Waals surface area (Å²) >= 11 is 0. The second kappa shape index (κ2) is 9.19. The van der Waals surface area contributed by atoms with E-state index in [1.165, 1.54) is 16.7 Å². The molecule has 2 heterocycles. The fourth-order valence-electron chi connectivity index (χ4n) is 4.74. The average molecular weight is 380 g/mol. The van der Waals surface area contributed by atoms with Gasteiger partial charge in [-0.15, -0.1) is 0 Å². The van der Waals surface area contributed by atoms with Crippen molar-refractivity contribution in [3.63, 3.8) is 0 Å². The van der Waals surface area contributed by atoms with Gasteiger partial charge in [-0.25, -0.2) is 0 Å². The summed E-state index contributed by atoms with van der Waals surface area (Å²) in [5, 5.41) is 9.97. The first-order valence-electron chi connectivity index (χ1n) is 10.6. The molecule has 28 heavy (non-hydrogen) atoms. The zero-order valence-corrected chi connectivity index (χ0v) is 17.0. The predicted molar refractivity (Wildman–Crippen MR) is 115 cm³/mol. The lowest BCUT2D eigenvalue weighted by Crippen LogP contribution is -2.47. The minimum absolute atomic E-state index is 0.301. The minimum atomic E-state index is 0.301. The summed E-state index contributed by atoms with van der Waals surface area (Å²) in [7, 11) is 2.20. The molecule has 0 saturated carbocycles. The molecular weight excluding hydrogens is 346 g/mol. The van der Waals surface area contributed by atoms with E-state index in [1.54, 1.807) is 0 Å². The van der Waals surface area contributed by atoms with Crippen molar-refractivity contribution in [3.05, 3.63) is 60.2 Å². The van der Waals surface area contributed by atoms with E-state index in [4.69, 9.17) is 0 Å². The molecule has 150 valence electrons. The second-order valence-electron chi connectivity index (χ2n) is 8.52. The predicted octanol–water partition coefficient (Wildman–Crippen LogP) is 2.64. The number of hydrogen-bond acceptors (Lipinski definition) is 4. The van der Waals surface area contributed by atoms with E-state index in [2.05, 4.69) is 76.3 Å². The molecule has 0 radical (unpaired) electrons. The SMILES string of the molecule is CN1CCN(C[C@@H]2CN(Cc3ccccc3-c3ccccc3)C[C@@H]2CO)CC1. The number of nitrogens with zero attached hydrogens (tertiary/aromatic N) is 3. The Labute approximate surface area is 169 Å². The molecule has 2 aromatic carbocycles. The third-order valence-corrected chi connectivity index (χ3v) is 6.47. The van der Waals surface area contributed by atoms with Crippen LogP contribution in [0.5, 0.6) is 0 Å². The Morgan fingerprint density at radius 3 is 2.25 bits per heavy atom. The quantitative estimate of drug-likeness (QED) is 0.836. The van der Waals surface area contributed by atoms with Crippen molar-refractivity contribution in [3.8, 4) is 11.1 Å². The molecule has 0 unspecified atom stereocenters. The van der Waals surface area contributed by atoms with Crippen LogP contribution in [0.25, 0.3) is 11.1 Å². The molecule has 0 bridgehead atoms. The molecule has 1 N–H and O–H groups in total. The first-order valence-corrected chi connectivity index (χ1v) is 10.6. The van der Waals surface area contributed by atoms with Crippen molar-refractivity contribution in [1.82, 2.24) is 14.7 Å². The van der Waals surface area contributed by atoms with E-state index in [0.29, 0.717) is 18.4 Å². The number of rotatable bonds is 6. The molecule has 2 aliphatic rings. The smallest absolute Gasteiger partial charge is 0.0475 e. The molecule has 4 heteroatoms. The van der Waals surface area contributed by atoms with Crippen molar-refractivity contribution in [2.24, 2.45) is 11.8 Å². The van der Waals surface area contributed by atoms with Gasteiger partial charge in [0, 0.05) is 59.0 Å². The lowest BCUT2D eigenvalue weighted by molar-refractivity contribution is 0.116. The van der Waals surface area contributed by atoms with Crippen molar-refractivity contribution in [2.75, 3.05) is 59.5 Å². The van der Waals surface area contributed by atoms with Crippen LogP contribution >= 0.6 is 0 Å². The normalized spacial score (nSPS) is 24.6. The summed E-state index contributed by atoms with van der Waals surface area (Å²) in [6.07, 6.45) is 0. The van der Waals surface area contributed by atoms with Crippen molar-refractivity contribution in [1.29, 1.82) is 0 Å². The standard InChI is InChI=1S/C24H33N3O/c1-25-11-13-26(14-12-25)16-22-17-27(18-23(22)19-28)15-21-9-5-6-10-24(21)20-7-3-2-4-8-20/h2-10,22-23,28H,11-19H2,1H3/t22-,23-/m1/s1. The van der Waals surface area contributed by atoms with Crippen LogP contribution in [0.4, 0.5) is 0 Å². The molecule has 0 spiro atoms. The van der Waals surface area contributed by atoms with Crippen LogP contribution in [0.2, 0.25) is 0 Å². The van der Waals surface area contributed by atoms with Gasteiger partial charge in [-0.1, -0.05) is 54.6 Å². The van der Waals surface area contributed by atoms with Crippen molar-refractivity contribution in [2.45, 2.75) is 6.54 Å². The summed E-state index contributed by atoms with van der Waals surface area (Å²) < 4.78 is 0. The van der Waals surface area contributed by atoms with E-state index in [-0.39, 0.29) is 0 Å². The van der Waals surface area contributed by atoms with Gasteiger partial charge in [0.1, 0.15) is 0 Å². The van der Waals surface area contributed by atoms with E-state index >= 15 is 0 Å². The van der Waals surface area contributed by atoms with Crippen molar-refractivity contribution >= 4 is 0 Å². The van der Waals surface area contributed by atoms with Crippen LogP contribution in [-0.2, 0) is 6.54 Å². The summed E-state index contributed by atoms with van der Waals surface area (Å²) in [5.41, 5.74) is 3.99. The molecule has 4 rings (SSSR count). The molecule has 0 aromatic heterocycles. The molecule has 2 saturated heterocycles. The molecule has 2 aliphatic heterocycles. The zero-order valence-electron chi connectivity index (χ0n) is 17.0. The monoisotopic (exact) mass is 379 g/mol. The van der Waals surface area contributed by atoms with Crippen LogP contribution in [0.1, 0.15) is 5.56 Å². The van der Waals surface area contributed by atoms with Gasteiger partial charge >= 0.3 is 0 Å². The van der Waals surface area contributed by atoms with Gasteiger partial charge < -0.3 is 14.9 Å². The van der Waals surface area contributed by atoms with Crippen LogP contribution in [-0.4, -0.2) is 79.3 Å². The van der Waals surface area contributed by atoms with Gasteiger partial charge in [-0.2, -0.15) is 0 Å². The zero-order chi connectivity index (χ0) is 19.3. The summed E-state index contributed by atoms with van der Waals surface area (Å²) in [4.78, 5) is 7.54. The number of likely N-dealkylation sites (tertiary alicyclic amines) is 1. The molecular formula is C24H33N3O. The highest BCUT2D eigenvalue weighted by atomic mass is 16.3. The minimum Gasteiger partial charge on any atom is -0.396 e. The van der Waals surface area contributed by atoms with Crippen LogP contribution < -0.4 is 0 Å². The Bertz CT molecular complexity index is 743. The molecule has 2 fully saturated rings. The Morgan fingerprint density at radius 2 is 1.50 bits per heavy atom. The fraction of sp³-hybridized carbons (Fsp3) is 0.500. The Kier molecular flexibility index (Phi) is 6.43. The lowest BCUT2D eigenvalue weighted by Gasteiger charge is -2.34. The number of likely N-dealkylation sites (N-methyl/N-ethyl adjacent to an activating group) is 1. The van der Waals surface area contributed by atoms with Crippen LogP contribution in [0, 0.1) is 11.8 Å². The Hall–Kier alpha value is -1.72.